The minimum atomic E-state index is 0.809. The molecule has 5 nitrogen and oxygen atoms in total. The minimum Gasteiger partial charge on any atom is -0.363 e. The predicted molar refractivity (Wildman–Crippen MR) is 86.2 cm³/mol. The Hall–Kier alpha value is -2.21. The zero-order valence-electron chi connectivity index (χ0n) is 12.5. The van der Waals surface area contributed by atoms with E-state index in [2.05, 4.69) is 59.6 Å². The third kappa shape index (κ3) is 2.42. The van der Waals surface area contributed by atoms with Gasteiger partial charge in [0.25, 0.3) is 0 Å². The fourth-order valence-electron chi connectivity index (χ4n) is 2.34. The van der Waals surface area contributed by atoms with Gasteiger partial charge in [-0.05, 0) is 32.4 Å². The van der Waals surface area contributed by atoms with Crippen LogP contribution in [-0.4, -0.2) is 27.0 Å². The molecule has 3 aromatic rings. The summed E-state index contributed by atoms with van der Waals surface area (Å²) < 4.78 is 1.96. The number of hydrogen-bond donors (Lipinski definition) is 1. The lowest BCUT2D eigenvalue weighted by atomic mass is 10.1. The topological polar surface area (TPSA) is 55.6 Å². The van der Waals surface area contributed by atoms with Crippen molar-refractivity contribution in [1.82, 2.24) is 20.0 Å². The maximum Gasteiger partial charge on any atom is 0.205 e. The van der Waals surface area contributed by atoms with Crippen molar-refractivity contribution in [2.75, 3.05) is 12.4 Å². The van der Waals surface area contributed by atoms with Crippen molar-refractivity contribution < 1.29 is 0 Å². The Bertz CT molecular complexity index is 787. The van der Waals surface area contributed by atoms with Crippen LogP contribution in [0.15, 0.2) is 24.4 Å². The van der Waals surface area contributed by atoms with E-state index >= 15 is 0 Å². The van der Waals surface area contributed by atoms with Crippen molar-refractivity contribution in [2.45, 2.75) is 20.8 Å². The molecular weight excluding hydrogens is 282 g/mol. The van der Waals surface area contributed by atoms with Crippen LogP contribution in [0.3, 0.4) is 0 Å². The summed E-state index contributed by atoms with van der Waals surface area (Å²) in [6.07, 6.45) is 1.86. The molecule has 0 aliphatic carbocycles. The quantitative estimate of drug-likeness (QED) is 0.805. The van der Waals surface area contributed by atoms with E-state index in [-0.39, 0.29) is 0 Å². The van der Waals surface area contributed by atoms with E-state index in [0.717, 1.165) is 27.1 Å². The molecule has 3 rings (SSSR count). The largest absolute Gasteiger partial charge is 0.363 e. The molecule has 6 heteroatoms. The van der Waals surface area contributed by atoms with E-state index < -0.39 is 0 Å². The van der Waals surface area contributed by atoms with Gasteiger partial charge < -0.3 is 5.32 Å². The first-order valence-electron chi connectivity index (χ1n) is 6.74. The van der Waals surface area contributed by atoms with E-state index in [1.165, 1.54) is 22.5 Å². The highest BCUT2D eigenvalue weighted by Crippen LogP contribution is 2.30. The van der Waals surface area contributed by atoms with Crippen LogP contribution < -0.4 is 5.32 Å². The smallest absolute Gasteiger partial charge is 0.205 e. The molecule has 0 bridgehead atoms. The normalized spacial score (nSPS) is 10.9. The Morgan fingerprint density at radius 3 is 2.62 bits per heavy atom. The summed E-state index contributed by atoms with van der Waals surface area (Å²) >= 11 is 1.53. The van der Waals surface area contributed by atoms with E-state index in [0.29, 0.717) is 0 Å². The molecule has 2 aromatic heterocycles. The van der Waals surface area contributed by atoms with Gasteiger partial charge >= 0.3 is 0 Å². The first-order chi connectivity index (χ1) is 10.1. The third-order valence-electron chi connectivity index (χ3n) is 3.46. The number of anilines is 1. The molecule has 0 saturated heterocycles. The molecular formula is C15H17N5S. The maximum absolute atomic E-state index is 4.52. The van der Waals surface area contributed by atoms with Crippen LogP contribution in [0.1, 0.15) is 16.8 Å². The molecule has 0 atom stereocenters. The lowest BCUT2D eigenvalue weighted by Gasteiger charge is -2.09. The molecule has 0 spiro atoms. The van der Waals surface area contributed by atoms with Crippen molar-refractivity contribution in [3.05, 3.63) is 41.2 Å². The molecule has 2 heterocycles. The highest BCUT2D eigenvalue weighted by atomic mass is 32.1. The summed E-state index contributed by atoms with van der Waals surface area (Å²) in [6.45, 7) is 6.26. The summed E-state index contributed by atoms with van der Waals surface area (Å²) in [4.78, 5) is 0. The zero-order valence-corrected chi connectivity index (χ0v) is 13.3. The van der Waals surface area contributed by atoms with Gasteiger partial charge in [-0.2, -0.15) is 5.10 Å². The van der Waals surface area contributed by atoms with Gasteiger partial charge in [-0.3, -0.25) is 0 Å². The summed E-state index contributed by atoms with van der Waals surface area (Å²) in [5, 5.41) is 17.5. The van der Waals surface area contributed by atoms with Crippen molar-refractivity contribution >= 4 is 16.5 Å². The second-order valence-electron chi connectivity index (χ2n) is 5.01. The minimum absolute atomic E-state index is 0.809. The third-order valence-corrected chi connectivity index (χ3v) is 4.43. The fourth-order valence-corrected chi connectivity index (χ4v) is 3.10. The second kappa shape index (κ2) is 5.29. The standard InChI is InChI=1S/C15H17N5S/c1-9-5-6-13(10(2)7-9)20-11(3)12(8-17-20)14-18-19-15(16-4)21-14/h5-8H,1-4H3,(H,16,19). The Morgan fingerprint density at radius 1 is 1.14 bits per heavy atom. The molecule has 108 valence electrons. The molecule has 0 saturated carbocycles. The van der Waals surface area contributed by atoms with E-state index in [9.17, 15) is 0 Å². The average Bonchev–Trinajstić information content (AvgIpc) is 3.06. The van der Waals surface area contributed by atoms with Crippen LogP contribution in [0.2, 0.25) is 0 Å². The zero-order chi connectivity index (χ0) is 15.0. The lowest BCUT2D eigenvalue weighted by Crippen LogP contribution is -2.01. The molecule has 0 unspecified atom stereocenters. The van der Waals surface area contributed by atoms with Gasteiger partial charge in [0.2, 0.25) is 5.13 Å². The first-order valence-corrected chi connectivity index (χ1v) is 7.55. The molecule has 0 amide bonds. The monoisotopic (exact) mass is 299 g/mol. The molecule has 1 aromatic carbocycles. The summed E-state index contributed by atoms with van der Waals surface area (Å²) in [6, 6.07) is 6.38. The van der Waals surface area contributed by atoms with Crippen LogP contribution in [-0.2, 0) is 0 Å². The summed E-state index contributed by atoms with van der Waals surface area (Å²) in [7, 11) is 1.84. The number of aromatic nitrogens is 4. The Labute approximate surface area is 127 Å². The van der Waals surface area contributed by atoms with Gasteiger partial charge in [-0.25, -0.2) is 4.68 Å². The summed E-state index contributed by atoms with van der Waals surface area (Å²) in [5.74, 6) is 0. The summed E-state index contributed by atoms with van der Waals surface area (Å²) in [5.41, 5.74) is 5.66. The van der Waals surface area contributed by atoms with E-state index in [4.69, 9.17) is 0 Å². The maximum atomic E-state index is 4.52. The Balaban J connectivity index is 2.06. The first kappa shape index (κ1) is 13.8. The van der Waals surface area contributed by atoms with Crippen molar-refractivity contribution in [2.24, 2.45) is 0 Å². The number of rotatable bonds is 3. The van der Waals surface area contributed by atoms with Gasteiger partial charge in [-0.1, -0.05) is 29.0 Å². The van der Waals surface area contributed by atoms with Crippen molar-refractivity contribution in [1.29, 1.82) is 0 Å². The van der Waals surface area contributed by atoms with Gasteiger partial charge in [0.15, 0.2) is 5.01 Å². The molecule has 0 radical (unpaired) electrons. The Morgan fingerprint density at radius 2 is 1.95 bits per heavy atom. The van der Waals surface area contributed by atoms with Gasteiger partial charge in [0, 0.05) is 7.05 Å². The number of nitrogens with one attached hydrogen (secondary N) is 1. The fraction of sp³-hybridized carbons (Fsp3) is 0.267. The van der Waals surface area contributed by atoms with Crippen LogP contribution in [0, 0.1) is 20.8 Å². The Kier molecular flexibility index (Phi) is 3.47. The predicted octanol–water partition coefficient (Wildman–Crippen LogP) is 3.36. The number of nitrogens with zero attached hydrogens (tertiary/aromatic N) is 4. The number of aryl methyl sites for hydroxylation is 2. The molecule has 0 aliphatic heterocycles. The number of benzene rings is 1. The molecule has 21 heavy (non-hydrogen) atoms. The van der Waals surface area contributed by atoms with Crippen molar-refractivity contribution in [3.63, 3.8) is 0 Å². The highest BCUT2D eigenvalue weighted by Gasteiger charge is 2.15. The SMILES string of the molecule is CNc1nnc(-c2cnn(-c3ccc(C)cc3C)c2C)s1. The van der Waals surface area contributed by atoms with Crippen LogP contribution in [0.4, 0.5) is 5.13 Å². The van der Waals surface area contributed by atoms with E-state index in [1.54, 1.807) is 0 Å². The van der Waals surface area contributed by atoms with Crippen LogP contribution in [0.25, 0.3) is 16.3 Å². The van der Waals surface area contributed by atoms with Crippen LogP contribution >= 0.6 is 11.3 Å². The van der Waals surface area contributed by atoms with Crippen LogP contribution in [0.5, 0.6) is 0 Å². The average molecular weight is 299 g/mol. The second-order valence-corrected chi connectivity index (χ2v) is 5.99. The van der Waals surface area contributed by atoms with Gasteiger partial charge in [0.05, 0.1) is 23.1 Å². The van der Waals surface area contributed by atoms with E-state index in [1.807, 2.05) is 17.9 Å². The molecule has 0 fully saturated rings. The van der Waals surface area contributed by atoms with Crippen molar-refractivity contribution in [3.8, 4) is 16.3 Å². The molecule has 0 aliphatic rings. The number of hydrogen-bond acceptors (Lipinski definition) is 5. The molecule has 1 N–H and O–H groups in total. The lowest BCUT2D eigenvalue weighted by molar-refractivity contribution is 0.840. The van der Waals surface area contributed by atoms with Gasteiger partial charge in [0.1, 0.15) is 0 Å². The highest BCUT2D eigenvalue weighted by molar-refractivity contribution is 7.18. The van der Waals surface area contributed by atoms with Gasteiger partial charge in [-0.15, -0.1) is 10.2 Å².